The van der Waals surface area contributed by atoms with Crippen molar-refractivity contribution in [1.82, 2.24) is 10.2 Å². The monoisotopic (exact) mass is 285 g/mol. The van der Waals surface area contributed by atoms with E-state index >= 15 is 0 Å². The van der Waals surface area contributed by atoms with Gasteiger partial charge in [-0.3, -0.25) is 9.59 Å². The first-order valence-corrected chi connectivity index (χ1v) is 5.84. The summed E-state index contributed by atoms with van der Waals surface area (Å²) in [5.74, 6) is -0.104. The largest absolute Gasteiger partial charge is 0.399 e. The van der Waals surface area contributed by atoms with Crippen molar-refractivity contribution in [2.45, 2.75) is 12.8 Å². The van der Waals surface area contributed by atoms with Gasteiger partial charge in [-0.05, 0) is 24.6 Å². The molecule has 0 radical (unpaired) electrons. The summed E-state index contributed by atoms with van der Waals surface area (Å²) in [6.45, 7) is 0.479. The van der Waals surface area contributed by atoms with Crippen molar-refractivity contribution < 1.29 is 9.59 Å². The minimum atomic E-state index is -0.167. The first-order valence-electron chi connectivity index (χ1n) is 5.84. The minimum absolute atomic E-state index is 0. The van der Waals surface area contributed by atoms with E-state index in [1.54, 1.807) is 43.3 Å². The molecule has 0 fully saturated rings. The maximum absolute atomic E-state index is 11.7. The number of rotatable bonds is 5. The molecule has 19 heavy (non-hydrogen) atoms. The zero-order chi connectivity index (χ0) is 13.5. The van der Waals surface area contributed by atoms with Crippen LogP contribution in [0.5, 0.6) is 0 Å². The zero-order valence-electron chi connectivity index (χ0n) is 11.2. The lowest BCUT2D eigenvalue weighted by Crippen LogP contribution is -2.27. The van der Waals surface area contributed by atoms with Crippen LogP contribution in [-0.4, -0.2) is 37.4 Å². The van der Waals surface area contributed by atoms with Crippen molar-refractivity contribution in [3.8, 4) is 0 Å². The average Bonchev–Trinajstić information content (AvgIpc) is 2.33. The standard InChI is InChI=1S/C13H19N3O2.ClH/c1-16(2)12(17)7-4-8-15-13(18)10-5-3-6-11(14)9-10;/h3,5-6,9H,4,7-8,14H2,1-2H3,(H,15,18);1H. The molecule has 0 aromatic heterocycles. The Morgan fingerprint density at radius 3 is 2.58 bits per heavy atom. The van der Waals surface area contributed by atoms with E-state index in [4.69, 9.17) is 5.73 Å². The number of halogens is 1. The van der Waals surface area contributed by atoms with E-state index < -0.39 is 0 Å². The Kier molecular flexibility index (Phi) is 7.60. The molecule has 1 rings (SSSR count). The number of nitrogen functional groups attached to an aromatic ring is 1. The van der Waals surface area contributed by atoms with E-state index in [2.05, 4.69) is 5.32 Å². The lowest BCUT2D eigenvalue weighted by Gasteiger charge is -2.10. The third kappa shape index (κ3) is 6.10. The van der Waals surface area contributed by atoms with E-state index in [0.29, 0.717) is 30.6 Å². The molecule has 0 saturated carbocycles. The second kappa shape index (κ2) is 8.37. The topological polar surface area (TPSA) is 75.4 Å². The van der Waals surface area contributed by atoms with Crippen LogP contribution in [0.2, 0.25) is 0 Å². The number of anilines is 1. The lowest BCUT2D eigenvalue weighted by molar-refractivity contribution is -0.128. The van der Waals surface area contributed by atoms with Gasteiger partial charge >= 0.3 is 0 Å². The maximum atomic E-state index is 11.7. The molecule has 5 nitrogen and oxygen atoms in total. The number of carbonyl (C=O) groups is 2. The predicted octanol–water partition coefficient (Wildman–Crippen LogP) is 1.29. The fourth-order valence-electron chi connectivity index (χ4n) is 1.45. The molecule has 0 unspecified atom stereocenters. The second-order valence-electron chi connectivity index (χ2n) is 4.27. The molecule has 0 spiro atoms. The molecule has 0 atom stereocenters. The summed E-state index contributed by atoms with van der Waals surface area (Å²) in [6.07, 6.45) is 1.06. The highest BCUT2D eigenvalue weighted by atomic mass is 35.5. The van der Waals surface area contributed by atoms with Crippen LogP contribution in [0.1, 0.15) is 23.2 Å². The molecule has 0 aliphatic carbocycles. The molecule has 106 valence electrons. The normalized spacial score (nSPS) is 9.37. The van der Waals surface area contributed by atoms with Gasteiger partial charge in [0.2, 0.25) is 5.91 Å². The van der Waals surface area contributed by atoms with Crippen molar-refractivity contribution in [2.24, 2.45) is 0 Å². The van der Waals surface area contributed by atoms with E-state index in [-0.39, 0.29) is 24.2 Å². The lowest BCUT2D eigenvalue weighted by atomic mass is 10.2. The van der Waals surface area contributed by atoms with Crippen LogP contribution >= 0.6 is 12.4 Å². The Morgan fingerprint density at radius 2 is 2.00 bits per heavy atom. The number of nitrogens with zero attached hydrogens (tertiary/aromatic N) is 1. The molecule has 0 bridgehead atoms. The summed E-state index contributed by atoms with van der Waals surface area (Å²) in [5.41, 5.74) is 6.69. The molecule has 1 aromatic carbocycles. The van der Waals surface area contributed by atoms with Crippen LogP contribution in [0.15, 0.2) is 24.3 Å². The second-order valence-corrected chi connectivity index (χ2v) is 4.27. The van der Waals surface area contributed by atoms with Crippen molar-refractivity contribution in [2.75, 3.05) is 26.4 Å². The number of nitrogens with two attached hydrogens (primary N) is 1. The molecule has 0 heterocycles. The Bertz CT molecular complexity index is 436. The van der Waals surface area contributed by atoms with Crippen molar-refractivity contribution >= 4 is 29.9 Å². The summed E-state index contributed by atoms with van der Waals surface area (Å²) < 4.78 is 0. The first kappa shape index (κ1) is 17.2. The fourth-order valence-corrected chi connectivity index (χ4v) is 1.45. The highest BCUT2D eigenvalue weighted by Crippen LogP contribution is 2.06. The first-order chi connectivity index (χ1) is 8.50. The van der Waals surface area contributed by atoms with Crippen LogP contribution < -0.4 is 11.1 Å². The highest BCUT2D eigenvalue weighted by Gasteiger charge is 2.06. The SMILES string of the molecule is CN(C)C(=O)CCCNC(=O)c1cccc(N)c1.Cl. The Balaban J connectivity index is 0.00000324. The average molecular weight is 286 g/mol. The fraction of sp³-hybridized carbons (Fsp3) is 0.385. The predicted molar refractivity (Wildman–Crippen MR) is 78.4 cm³/mol. The third-order valence-corrected chi connectivity index (χ3v) is 2.50. The Hall–Kier alpha value is -1.75. The molecule has 6 heteroatoms. The van der Waals surface area contributed by atoms with Gasteiger partial charge in [-0.15, -0.1) is 12.4 Å². The van der Waals surface area contributed by atoms with Crippen molar-refractivity contribution in [1.29, 1.82) is 0 Å². The van der Waals surface area contributed by atoms with Gasteiger partial charge in [0.05, 0.1) is 0 Å². The van der Waals surface area contributed by atoms with E-state index in [9.17, 15) is 9.59 Å². The summed E-state index contributed by atoms with van der Waals surface area (Å²) in [6, 6.07) is 6.79. The molecule has 0 aliphatic rings. The van der Waals surface area contributed by atoms with Gasteiger partial charge in [0.1, 0.15) is 0 Å². The molecule has 0 saturated heterocycles. The molecule has 0 aliphatic heterocycles. The Labute approximate surface area is 119 Å². The van der Waals surface area contributed by atoms with Gasteiger partial charge in [0, 0.05) is 38.3 Å². The van der Waals surface area contributed by atoms with Gasteiger partial charge in [-0.25, -0.2) is 0 Å². The van der Waals surface area contributed by atoms with Gasteiger partial charge in [-0.2, -0.15) is 0 Å². The van der Waals surface area contributed by atoms with Crippen molar-refractivity contribution in [3.63, 3.8) is 0 Å². The maximum Gasteiger partial charge on any atom is 0.251 e. The molecule has 1 aromatic rings. The summed E-state index contributed by atoms with van der Waals surface area (Å²) in [5, 5.41) is 2.76. The number of hydrogen-bond acceptors (Lipinski definition) is 3. The minimum Gasteiger partial charge on any atom is -0.399 e. The van der Waals surface area contributed by atoms with Crippen molar-refractivity contribution in [3.05, 3.63) is 29.8 Å². The quantitative estimate of drug-likeness (QED) is 0.632. The molecular formula is C13H20ClN3O2. The van der Waals surface area contributed by atoms with Gasteiger partial charge in [0.15, 0.2) is 0 Å². The summed E-state index contributed by atoms with van der Waals surface area (Å²) in [7, 11) is 3.43. The van der Waals surface area contributed by atoms with E-state index in [1.165, 1.54) is 0 Å². The number of nitrogens with one attached hydrogen (secondary N) is 1. The zero-order valence-corrected chi connectivity index (χ0v) is 12.0. The van der Waals surface area contributed by atoms with E-state index in [1.807, 2.05) is 0 Å². The molecule has 3 N–H and O–H groups in total. The number of amides is 2. The molecule has 2 amide bonds. The number of benzene rings is 1. The van der Waals surface area contributed by atoms with Crippen LogP contribution in [-0.2, 0) is 4.79 Å². The number of carbonyl (C=O) groups excluding carboxylic acids is 2. The van der Waals surface area contributed by atoms with E-state index in [0.717, 1.165) is 0 Å². The van der Waals surface area contributed by atoms with Crippen LogP contribution in [0, 0.1) is 0 Å². The summed E-state index contributed by atoms with van der Waals surface area (Å²) in [4.78, 5) is 24.6. The Morgan fingerprint density at radius 1 is 1.32 bits per heavy atom. The van der Waals surface area contributed by atoms with Crippen LogP contribution in [0.25, 0.3) is 0 Å². The van der Waals surface area contributed by atoms with Crippen LogP contribution in [0.4, 0.5) is 5.69 Å². The highest BCUT2D eigenvalue weighted by molar-refractivity contribution is 5.94. The third-order valence-electron chi connectivity index (χ3n) is 2.50. The van der Waals surface area contributed by atoms with Gasteiger partial charge in [0.25, 0.3) is 5.91 Å². The van der Waals surface area contributed by atoms with Gasteiger partial charge in [-0.1, -0.05) is 6.07 Å². The van der Waals surface area contributed by atoms with Crippen LogP contribution in [0.3, 0.4) is 0 Å². The summed E-state index contributed by atoms with van der Waals surface area (Å²) >= 11 is 0. The smallest absolute Gasteiger partial charge is 0.251 e. The van der Waals surface area contributed by atoms with Gasteiger partial charge < -0.3 is 16.0 Å². The number of hydrogen-bond donors (Lipinski definition) is 2. The molecular weight excluding hydrogens is 266 g/mol.